The highest BCUT2D eigenvalue weighted by molar-refractivity contribution is 6.06. The Balaban J connectivity index is 1.51. The van der Waals surface area contributed by atoms with Crippen LogP contribution in [0.25, 0.3) is 0 Å². The first-order chi connectivity index (χ1) is 12.6. The highest BCUT2D eigenvalue weighted by Gasteiger charge is 2.19. The van der Waals surface area contributed by atoms with Gasteiger partial charge in [0.05, 0.1) is 11.4 Å². The molecule has 0 radical (unpaired) electrons. The number of hydrogen-bond acceptors (Lipinski definition) is 7. The van der Waals surface area contributed by atoms with Gasteiger partial charge in [0.1, 0.15) is 5.82 Å². The highest BCUT2D eigenvalue weighted by atomic mass is 16.7. The zero-order valence-corrected chi connectivity index (χ0v) is 14.6. The maximum atomic E-state index is 12.7. The van der Waals surface area contributed by atoms with Crippen LogP contribution in [-0.4, -0.2) is 55.8 Å². The van der Waals surface area contributed by atoms with E-state index in [1.54, 1.807) is 24.4 Å². The maximum absolute atomic E-state index is 12.7. The van der Waals surface area contributed by atoms with Crippen molar-refractivity contribution in [1.29, 1.82) is 0 Å². The zero-order chi connectivity index (χ0) is 18.1. The van der Waals surface area contributed by atoms with Crippen LogP contribution >= 0.6 is 0 Å². The van der Waals surface area contributed by atoms with Gasteiger partial charge in [-0.1, -0.05) is 0 Å². The van der Waals surface area contributed by atoms with E-state index in [-0.39, 0.29) is 12.7 Å². The first-order valence-electron chi connectivity index (χ1n) is 8.50. The van der Waals surface area contributed by atoms with Crippen molar-refractivity contribution >= 4 is 23.1 Å². The Bertz CT molecular complexity index is 834. The molecule has 1 aromatic heterocycles. The van der Waals surface area contributed by atoms with Crippen molar-refractivity contribution in [3.63, 3.8) is 0 Å². The molecule has 0 atom stereocenters. The first-order valence-corrected chi connectivity index (χ1v) is 8.50. The van der Waals surface area contributed by atoms with Crippen molar-refractivity contribution in [2.45, 2.75) is 0 Å². The summed E-state index contributed by atoms with van der Waals surface area (Å²) in [6.07, 6.45) is 1.66. The van der Waals surface area contributed by atoms with Crippen LogP contribution in [-0.2, 0) is 0 Å². The Morgan fingerprint density at radius 2 is 1.88 bits per heavy atom. The van der Waals surface area contributed by atoms with E-state index in [1.807, 2.05) is 6.07 Å². The molecule has 3 heterocycles. The Hall–Kier alpha value is -3.00. The lowest BCUT2D eigenvalue weighted by atomic mass is 10.2. The number of nitrogens with two attached hydrogens (primary N) is 1. The van der Waals surface area contributed by atoms with Crippen LogP contribution in [0.5, 0.6) is 11.5 Å². The van der Waals surface area contributed by atoms with Gasteiger partial charge in [0.2, 0.25) is 6.79 Å². The number of nitrogens with one attached hydrogen (secondary N) is 1. The minimum absolute atomic E-state index is 0.158. The number of likely N-dealkylation sites (N-methyl/N-ethyl adjacent to an activating group) is 1. The molecule has 0 saturated carbocycles. The molecule has 4 rings (SSSR count). The average Bonchev–Trinajstić information content (AvgIpc) is 3.10. The van der Waals surface area contributed by atoms with Gasteiger partial charge in [-0.2, -0.15) is 0 Å². The number of piperazine rings is 1. The number of benzene rings is 1. The van der Waals surface area contributed by atoms with E-state index < -0.39 is 0 Å². The third-order valence-electron chi connectivity index (χ3n) is 4.63. The summed E-state index contributed by atoms with van der Waals surface area (Å²) in [5, 5.41) is 2.84. The van der Waals surface area contributed by atoms with E-state index in [9.17, 15) is 4.79 Å². The number of anilines is 3. The molecule has 26 heavy (non-hydrogen) atoms. The maximum Gasteiger partial charge on any atom is 0.255 e. The molecule has 0 aliphatic carbocycles. The number of carbonyl (C=O) groups excluding carboxylic acids is 1. The molecule has 2 aromatic rings. The van der Waals surface area contributed by atoms with E-state index in [2.05, 4.69) is 27.1 Å². The van der Waals surface area contributed by atoms with Crippen molar-refractivity contribution in [2.24, 2.45) is 0 Å². The number of fused-ring (bicyclic) bond motifs is 1. The number of ether oxygens (including phenoxy) is 2. The number of hydrogen-bond donors (Lipinski definition) is 2. The molecule has 8 heteroatoms. The molecule has 0 spiro atoms. The van der Waals surface area contributed by atoms with Crippen molar-refractivity contribution in [2.75, 3.05) is 56.0 Å². The minimum atomic E-state index is -0.242. The van der Waals surface area contributed by atoms with Crippen LogP contribution in [0.15, 0.2) is 30.5 Å². The summed E-state index contributed by atoms with van der Waals surface area (Å²) in [4.78, 5) is 21.5. The fraction of sp³-hybridized carbons (Fsp3) is 0.333. The lowest BCUT2D eigenvalue weighted by Crippen LogP contribution is -2.44. The Morgan fingerprint density at radius 1 is 1.15 bits per heavy atom. The monoisotopic (exact) mass is 355 g/mol. The number of nitrogens with zero attached hydrogens (tertiary/aromatic N) is 3. The quantitative estimate of drug-likeness (QED) is 0.804. The van der Waals surface area contributed by atoms with Crippen molar-refractivity contribution in [1.82, 2.24) is 9.88 Å². The number of pyridine rings is 1. The normalized spacial score (nSPS) is 16.6. The van der Waals surface area contributed by atoms with E-state index >= 15 is 0 Å². The number of aromatic nitrogens is 1. The number of amides is 1. The summed E-state index contributed by atoms with van der Waals surface area (Å²) in [5.41, 5.74) is 7.46. The van der Waals surface area contributed by atoms with Gasteiger partial charge >= 0.3 is 0 Å². The lowest BCUT2D eigenvalue weighted by molar-refractivity contribution is 0.102. The van der Waals surface area contributed by atoms with Crippen molar-refractivity contribution in [3.8, 4) is 11.5 Å². The van der Waals surface area contributed by atoms with Gasteiger partial charge in [-0.3, -0.25) is 4.79 Å². The minimum Gasteiger partial charge on any atom is -0.454 e. The highest BCUT2D eigenvalue weighted by Crippen LogP contribution is 2.38. The summed E-state index contributed by atoms with van der Waals surface area (Å²) in [5.74, 6) is 1.72. The largest absolute Gasteiger partial charge is 0.454 e. The van der Waals surface area contributed by atoms with Gasteiger partial charge in [-0.15, -0.1) is 0 Å². The molecule has 0 bridgehead atoms. The second kappa shape index (κ2) is 6.72. The smallest absolute Gasteiger partial charge is 0.255 e. The van der Waals surface area contributed by atoms with E-state index in [4.69, 9.17) is 15.2 Å². The molecule has 136 valence electrons. The Labute approximate surface area is 151 Å². The molecule has 1 saturated heterocycles. The summed E-state index contributed by atoms with van der Waals surface area (Å²) < 4.78 is 10.6. The van der Waals surface area contributed by atoms with Crippen molar-refractivity contribution < 1.29 is 14.3 Å². The SMILES string of the molecule is CN1CCN(c2cc(C(=O)Nc3cc4c(cc3N)OCO4)ccn2)CC1. The second-order valence-electron chi connectivity index (χ2n) is 6.44. The molecule has 0 unspecified atom stereocenters. The fourth-order valence-corrected chi connectivity index (χ4v) is 3.03. The fourth-order valence-electron chi connectivity index (χ4n) is 3.03. The molecule has 1 aromatic carbocycles. The molecular formula is C18H21N5O3. The van der Waals surface area contributed by atoms with Crippen LogP contribution in [0.1, 0.15) is 10.4 Å². The van der Waals surface area contributed by atoms with E-state index in [0.717, 1.165) is 32.0 Å². The summed E-state index contributed by atoms with van der Waals surface area (Å²) >= 11 is 0. The third kappa shape index (κ3) is 3.23. The van der Waals surface area contributed by atoms with Crippen LogP contribution in [0, 0.1) is 0 Å². The molecule has 8 nitrogen and oxygen atoms in total. The van der Waals surface area contributed by atoms with E-state index in [1.165, 1.54) is 0 Å². The van der Waals surface area contributed by atoms with E-state index in [0.29, 0.717) is 28.4 Å². The average molecular weight is 355 g/mol. The second-order valence-corrected chi connectivity index (χ2v) is 6.44. The van der Waals surface area contributed by atoms with Gasteiger partial charge in [-0.25, -0.2) is 4.98 Å². The summed E-state index contributed by atoms with van der Waals surface area (Å²) in [6.45, 7) is 3.90. The molecule has 1 fully saturated rings. The van der Waals surface area contributed by atoms with Crippen molar-refractivity contribution in [3.05, 3.63) is 36.0 Å². The molecule has 1 amide bonds. The van der Waals surface area contributed by atoms with Crippen LogP contribution in [0.2, 0.25) is 0 Å². The molecule has 2 aliphatic rings. The predicted molar refractivity (Wildman–Crippen MR) is 98.9 cm³/mol. The Morgan fingerprint density at radius 3 is 2.65 bits per heavy atom. The van der Waals surface area contributed by atoms with Gasteiger partial charge in [0.15, 0.2) is 11.5 Å². The molecule has 3 N–H and O–H groups in total. The van der Waals surface area contributed by atoms with Crippen LogP contribution in [0.3, 0.4) is 0 Å². The van der Waals surface area contributed by atoms with Gasteiger partial charge in [-0.05, 0) is 19.2 Å². The van der Waals surface area contributed by atoms with Gasteiger partial charge < -0.3 is 30.3 Å². The molecule has 2 aliphatic heterocycles. The number of rotatable bonds is 3. The molecular weight excluding hydrogens is 334 g/mol. The number of nitrogen functional groups attached to an aromatic ring is 1. The zero-order valence-electron chi connectivity index (χ0n) is 14.6. The summed E-state index contributed by atoms with van der Waals surface area (Å²) in [7, 11) is 2.10. The van der Waals surface area contributed by atoms with Gasteiger partial charge in [0.25, 0.3) is 5.91 Å². The standard InChI is InChI=1S/C18H21N5O3/c1-22-4-6-23(7-5-22)17-8-12(2-3-20-17)18(24)21-14-10-16-15(9-13(14)19)25-11-26-16/h2-3,8-10H,4-7,11,19H2,1H3,(H,21,24). The topological polar surface area (TPSA) is 93.0 Å². The lowest BCUT2D eigenvalue weighted by Gasteiger charge is -2.33. The first kappa shape index (κ1) is 16.5. The number of carbonyl (C=O) groups is 1. The Kier molecular flexibility index (Phi) is 4.26. The summed E-state index contributed by atoms with van der Waals surface area (Å²) in [6, 6.07) is 6.83. The van der Waals surface area contributed by atoms with Gasteiger partial charge in [0, 0.05) is 50.1 Å². The third-order valence-corrected chi connectivity index (χ3v) is 4.63. The predicted octanol–water partition coefficient (Wildman–Crippen LogP) is 1.40. The van der Waals surface area contributed by atoms with Crippen LogP contribution in [0.4, 0.5) is 17.2 Å². The van der Waals surface area contributed by atoms with Crippen LogP contribution < -0.4 is 25.4 Å².